The molecule has 1 amide bonds. The summed E-state index contributed by atoms with van der Waals surface area (Å²) >= 11 is 0. The maximum absolute atomic E-state index is 11.2. The highest BCUT2D eigenvalue weighted by molar-refractivity contribution is 5.93. The molecule has 1 unspecified atom stereocenters. The van der Waals surface area contributed by atoms with E-state index in [1.165, 1.54) is 0 Å². The molecule has 1 heterocycles. The van der Waals surface area contributed by atoms with Crippen molar-refractivity contribution in [2.24, 2.45) is 5.73 Å². The molecule has 5 heteroatoms. The molecule has 3 N–H and O–H groups in total. The second-order valence-corrected chi connectivity index (χ2v) is 5.31. The highest BCUT2D eigenvalue weighted by Crippen LogP contribution is 2.29. The Balaban J connectivity index is 2.27. The predicted octanol–water partition coefficient (Wildman–Crippen LogP) is 1.93. The highest BCUT2D eigenvalue weighted by atomic mass is 16.4. The normalized spacial score (nSPS) is 18.9. The minimum absolute atomic E-state index is 0.0272. The summed E-state index contributed by atoms with van der Waals surface area (Å²) in [7, 11) is 0. The van der Waals surface area contributed by atoms with Crippen molar-refractivity contribution in [1.29, 1.82) is 0 Å². The van der Waals surface area contributed by atoms with Crippen molar-refractivity contribution in [3.8, 4) is 0 Å². The second-order valence-electron chi connectivity index (χ2n) is 5.31. The van der Waals surface area contributed by atoms with Crippen LogP contribution < -0.4 is 10.6 Å². The Kier molecular flexibility index (Phi) is 4.27. The Hall–Kier alpha value is -2.04. The van der Waals surface area contributed by atoms with Gasteiger partial charge in [0.2, 0.25) is 5.91 Å². The van der Waals surface area contributed by atoms with Gasteiger partial charge in [0.25, 0.3) is 0 Å². The van der Waals surface area contributed by atoms with Gasteiger partial charge in [0.05, 0.1) is 6.42 Å². The number of carbonyl (C=O) groups is 2. The molecule has 20 heavy (non-hydrogen) atoms. The van der Waals surface area contributed by atoms with E-state index in [4.69, 9.17) is 10.8 Å². The fourth-order valence-corrected chi connectivity index (χ4v) is 2.86. The minimum atomic E-state index is -0.770. The van der Waals surface area contributed by atoms with Crippen LogP contribution in [0.2, 0.25) is 0 Å². The van der Waals surface area contributed by atoms with E-state index in [-0.39, 0.29) is 12.5 Å². The zero-order chi connectivity index (χ0) is 14.7. The predicted molar refractivity (Wildman–Crippen MR) is 76.9 cm³/mol. The summed E-state index contributed by atoms with van der Waals surface area (Å²) in [6, 6.07) is 5.37. The van der Waals surface area contributed by atoms with Crippen molar-refractivity contribution in [2.45, 2.75) is 38.6 Å². The number of anilines is 1. The summed E-state index contributed by atoms with van der Waals surface area (Å²) in [6.07, 6.45) is 3.17. The highest BCUT2D eigenvalue weighted by Gasteiger charge is 2.25. The van der Waals surface area contributed by atoms with Crippen LogP contribution in [0.3, 0.4) is 0 Å². The zero-order valence-electron chi connectivity index (χ0n) is 11.6. The number of carboxylic acids is 1. The number of primary amides is 1. The number of nitrogens with two attached hydrogens (primary N) is 1. The van der Waals surface area contributed by atoms with E-state index in [1.807, 2.05) is 13.0 Å². The maximum atomic E-state index is 11.2. The smallest absolute Gasteiger partial charge is 0.305 e. The number of aryl methyl sites for hydroxylation is 1. The van der Waals surface area contributed by atoms with E-state index in [0.717, 1.165) is 37.1 Å². The molecule has 0 radical (unpaired) electrons. The van der Waals surface area contributed by atoms with E-state index in [1.54, 1.807) is 12.1 Å². The van der Waals surface area contributed by atoms with Crippen LogP contribution in [0.5, 0.6) is 0 Å². The van der Waals surface area contributed by atoms with Crippen LogP contribution in [0, 0.1) is 6.92 Å². The van der Waals surface area contributed by atoms with Crippen molar-refractivity contribution >= 4 is 17.6 Å². The Bertz CT molecular complexity index is 528. The van der Waals surface area contributed by atoms with Crippen molar-refractivity contribution < 1.29 is 14.7 Å². The second kappa shape index (κ2) is 5.94. The lowest BCUT2D eigenvalue weighted by Crippen LogP contribution is -2.41. The lowest BCUT2D eigenvalue weighted by molar-refractivity contribution is -0.137. The SMILES string of the molecule is Cc1cc(C(N)=O)ccc1N1CCCCC1CC(=O)O. The summed E-state index contributed by atoms with van der Waals surface area (Å²) in [5, 5.41) is 9.03. The number of hydrogen-bond acceptors (Lipinski definition) is 3. The molecule has 1 atom stereocenters. The lowest BCUT2D eigenvalue weighted by atomic mass is 9.97. The minimum Gasteiger partial charge on any atom is -0.481 e. The molecule has 2 rings (SSSR count). The molecule has 0 spiro atoms. The monoisotopic (exact) mass is 276 g/mol. The van der Waals surface area contributed by atoms with Crippen LogP contribution in [-0.2, 0) is 4.79 Å². The number of aliphatic carboxylic acids is 1. The maximum Gasteiger partial charge on any atom is 0.305 e. The lowest BCUT2D eigenvalue weighted by Gasteiger charge is -2.37. The van der Waals surface area contributed by atoms with Crippen LogP contribution in [0.1, 0.15) is 41.6 Å². The fourth-order valence-electron chi connectivity index (χ4n) is 2.86. The van der Waals surface area contributed by atoms with E-state index in [9.17, 15) is 9.59 Å². The van der Waals surface area contributed by atoms with Gasteiger partial charge in [-0.05, 0) is 49.9 Å². The molecular formula is C15H20N2O3. The number of carbonyl (C=O) groups excluding carboxylic acids is 1. The summed E-state index contributed by atoms with van der Waals surface area (Å²) < 4.78 is 0. The summed E-state index contributed by atoms with van der Waals surface area (Å²) in [5.74, 6) is -1.21. The Labute approximate surface area is 118 Å². The van der Waals surface area contributed by atoms with Crippen LogP contribution in [-0.4, -0.2) is 29.6 Å². The largest absolute Gasteiger partial charge is 0.481 e. The molecule has 0 saturated carbocycles. The first kappa shape index (κ1) is 14.4. The van der Waals surface area contributed by atoms with Crippen molar-refractivity contribution in [3.05, 3.63) is 29.3 Å². The number of carboxylic acid groups (broad SMARTS) is 1. The van der Waals surface area contributed by atoms with Crippen LogP contribution in [0.15, 0.2) is 18.2 Å². The number of hydrogen-bond donors (Lipinski definition) is 2. The van der Waals surface area contributed by atoms with E-state index in [0.29, 0.717) is 5.56 Å². The number of piperidine rings is 1. The third-order valence-corrected chi connectivity index (χ3v) is 3.83. The summed E-state index contributed by atoms with van der Waals surface area (Å²) in [6.45, 7) is 2.78. The summed E-state index contributed by atoms with van der Waals surface area (Å²) in [4.78, 5) is 24.3. The van der Waals surface area contributed by atoms with Gasteiger partial charge < -0.3 is 15.7 Å². The average molecular weight is 276 g/mol. The third-order valence-electron chi connectivity index (χ3n) is 3.83. The molecule has 1 aliphatic rings. The molecule has 1 saturated heterocycles. The van der Waals surface area contributed by atoms with Crippen LogP contribution in [0.25, 0.3) is 0 Å². The first-order valence-corrected chi connectivity index (χ1v) is 6.88. The Morgan fingerprint density at radius 3 is 2.75 bits per heavy atom. The number of benzene rings is 1. The number of nitrogens with zero attached hydrogens (tertiary/aromatic N) is 1. The molecule has 108 valence electrons. The molecule has 1 aromatic carbocycles. The first-order chi connectivity index (χ1) is 9.49. The van der Waals surface area contributed by atoms with E-state index >= 15 is 0 Å². The molecule has 1 fully saturated rings. The van der Waals surface area contributed by atoms with Gasteiger partial charge in [0, 0.05) is 23.8 Å². The van der Waals surface area contributed by atoms with Gasteiger partial charge in [-0.15, -0.1) is 0 Å². The average Bonchev–Trinajstić information content (AvgIpc) is 2.39. The van der Waals surface area contributed by atoms with Crippen molar-refractivity contribution in [2.75, 3.05) is 11.4 Å². The van der Waals surface area contributed by atoms with Crippen molar-refractivity contribution in [3.63, 3.8) is 0 Å². The Morgan fingerprint density at radius 1 is 1.40 bits per heavy atom. The molecule has 0 aromatic heterocycles. The fraction of sp³-hybridized carbons (Fsp3) is 0.467. The standard InChI is InChI=1S/C15H20N2O3/c1-10-8-11(15(16)20)5-6-13(10)17-7-3-2-4-12(17)9-14(18)19/h5-6,8,12H,2-4,7,9H2,1H3,(H2,16,20)(H,18,19). The zero-order valence-corrected chi connectivity index (χ0v) is 11.6. The topological polar surface area (TPSA) is 83.6 Å². The quantitative estimate of drug-likeness (QED) is 0.880. The van der Waals surface area contributed by atoms with E-state index in [2.05, 4.69) is 4.90 Å². The van der Waals surface area contributed by atoms with Crippen LogP contribution >= 0.6 is 0 Å². The van der Waals surface area contributed by atoms with Gasteiger partial charge in [0.15, 0.2) is 0 Å². The van der Waals surface area contributed by atoms with Gasteiger partial charge >= 0.3 is 5.97 Å². The molecule has 0 aliphatic carbocycles. The number of rotatable bonds is 4. The molecular weight excluding hydrogens is 256 g/mol. The molecule has 5 nitrogen and oxygen atoms in total. The van der Waals surface area contributed by atoms with Gasteiger partial charge in [-0.3, -0.25) is 9.59 Å². The summed E-state index contributed by atoms with van der Waals surface area (Å²) in [5.41, 5.74) is 7.72. The first-order valence-electron chi connectivity index (χ1n) is 6.88. The van der Waals surface area contributed by atoms with Crippen molar-refractivity contribution in [1.82, 2.24) is 0 Å². The van der Waals surface area contributed by atoms with Gasteiger partial charge in [0.1, 0.15) is 0 Å². The van der Waals surface area contributed by atoms with E-state index < -0.39 is 11.9 Å². The van der Waals surface area contributed by atoms with Gasteiger partial charge in [-0.25, -0.2) is 0 Å². The van der Waals surface area contributed by atoms with Gasteiger partial charge in [-0.1, -0.05) is 0 Å². The third kappa shape index (κ3) is 3.10. The molecule has 0 bridgehead atoms. The van der Waals surface area contributed by atoms with Crippen LogP contribution in [0.4, 0.5) is 5.69 Å². The number of amides is 1. The Morgan fingerprint density at radius 2 is 2.15 bits per heavy atom. The van der Waals surface area contributed by atoms with Gasteiger partial charge in [-0.2, -0.15) is 0 Å². The molecule has 1 aliphatic heterocycles. The molecule has 1 aromatic rings.